The Kier molecular flexibility index (Phi) is 4.19. The average molecular weight is 341 g/mol. The number of ether oxygens (including phenoxy) is 1. The van der Waals surface area contributed by atoms with Gasteiger partial charge in [0.25, 0.3) is 5.91 Å². The van der Waals surface area contributed by atoms with Crippen molar-refractivity contribution in [1.29, 1.82) is 0 Å². The van der Waals surface area contributed by atoms with Crippen LogP contribution in [0.25, 0.3) is 11.0 Å². The molecule has 1 amide bonds. The standard InChI is InChI=1S/C17H19N5O3/c1-22-7-6-18-16(22)15-12(3-2-8-24-15)10-19-17(23)11-4-5-13-14(9-11)21-25-20-13/h4-7,9,12,15H,2-3,8,10H2,1H3,(H,19,23)/t12-,15+/m0/s1. The Balaban J connectivity index is 1.45. The van der Waals surface area contributed by atoms with E-state index in [9.17, 15) is 4.79 Å². The molecule has 1 N–H and O–H groups in total. The third-order valence-electron chi connectivity index (χ3n) is 4.60. The molecule has 130 valence electrons. The fourth-order valence-corrected chi connectivity index (χ4v) is 3.24. The second-order valence-electron chi connectivity index (χ2n) is 6.27. The number of rotatable bonds is 4. The second kappa shape index (κ2) is 6.64. The number of aromatic nitrogens is 4. The van der Waals surface area contributed by atoms with Crippen LogP contribution < -0.4 is 5.32 Å². The summed E-state index contributed by atoms with van der Waals surface area (Å²) in [5.74, 6) is 0.944. The van der Waals surface area contributed by atoms with Crippen LogP contribution >= 0.6 is 0 Å². The Morgan fingerprint density at radius 2 is 2.24 bits per heavy atom. The summed E-state index contributed by atoms with van der Waals surface area (Å²) in [4.78, 5) is 16.9. The predicted octanol–water partition coefficient (Wildman–Crippen LogP) is 1.85. The van der Waals surface area contributed by atoms with Crippen LogP contribution in [0.2, 0.25) is 0 Å². The summed E-state index contributed by atoms with van der Waals surface area (Å²) in [6, 6.07) is 5.12. The quantitative estimate of drug-likeness (QED) is 0.778. The van der Waals surface area contributed by atoms with E-state index in [1.165, 1.54) is 0 Å². The topological polar surface area (TPSA) is 95.1 Å². The molecule has 25 heavy (non-hydrogen) atoms. The number of nitrogens with zero attached hydrogens (tertiary/aromatic N) is 4. The second-order valence-corrected chi connectivity index (χ2v) is 6.27. The van der Waals surface area contributed by atoms with Gasteiger partial charge in [-0.3, -0.25) is 4.79 Å². The molecule has 4 rings (SSSR count). The molecular formula is C17H19N5O3. The van der Waals surface area contributed by atoms with Crippen molar-refractivity contribution in [2.24, 2.45) is 13.0 Å². The van der Waals surface area contributed by atoms with E-state index >= 15 is 0 Å². The molecule has 1 saturated heterocycles. The number of imidazole rings is 1. The lowest BCUT2D eigenvalue weighted by molar-refractivity contribution is -0.0337. The van der Waals surface area contributed by atoms with Crippen LogP contribution in [0.3, 0.4) is 0 Å². The van der Waals surface area contributed by atoms with E-state index in [-0.39, 0.29) is 17.9 Å². The third kappa shape index (κ3) is 3.12. The first-order valence-electron chi connectivity index (χ1n) is 8.32. The van der Waals surface area contributed by atoms with E-state index in [1.54, 1.807) is 24.4 Å². The first-order chi connectivity index (χ1) is 12.2. The lowest BCUT2D eigenvalue weighted by atomic mass is 9.93. The van der Waals surface area contributed by atoms with Gasteiger partial charge in [0.2, 0.25) is 0 Å². The maximum absolute atomic E-state index is 12.5. The first-order valence-corrected chi connectivity index (χ1v) is 8.32. The zero-order chi connectivity index (χ0) is 17.2. The largest absolute Gasteiger partial charge is 0.370 e. The smallest absolute Gasteiger partial charge is 0.251 e. The van der Waals surface area contributed by atoms with Gasteiger partial charge in [-0.05, 0) is 41.4 Å². The van der Waals surface area contributed by atoms with Crippen LogP contribution in [0.1, 0.15) is 35.1 Å². The minimum Gasteiger partial charge on any atom is -0.370 e. The maximum atomic E-state index is 12.5. The first kappa shape index (κ1) is 15.8. The molecule has 0 spiro atoms. The fraction of sp³-hybridized carbons (Fsp3) is 0.412. The van der Waals surface area contributed by atoms with E-state index in [0.717, 1.165) is 25.3 Å². The Bertz CT molecular complexity index is 887. The monoisotopic (exact) mass is 341 g/mol. The number of hydrogen-bond donors (Lipinski definition) is 1. The number of nitrogens with one attached hydrogen (secondary N) is 1. The SMILES string of the molecule is Cn1ccnc1[C@@H]1OCCC[C@H]1CNC(=O)c1ccc2nonc2c1. The van der Waals surface area contributed by atoms with Crippen LogP contribution in [0, 0.1) is 5.92 Å². The average Bonchev–Trinajstić information content (AvgIpc) is 3.27. The summed E-state index contributed by atoms with van der Waals surface area (Å²) >= 11 is 0. The van der Waals surface area contributed by atoms with E-state index in [2.05, 4.69) is 25.2 Å². The van der Waals surface area contributed by atoms with Gasteiger partial charge >= 0.3 is 0 Å². The molecule has 0 aliphatic carbocycles. The van der Waals surface area contributed by atoms with Crippen molar-refractivity contribution >= 4 is 16.9 Å². The Hall–Kier alpha value is -2.74. The van der Waals surface area contributed by atoms with Crippen LogP contribution in [-0.4, -0.2) is 38.9 Å². The van der Waals surface area contributed by atoms with Crippen molar-refractivity contribution < 1.29 is 14.2 Å². The highest BCUT2D eigenvalue weighted by Crippen LogP contribution is 2.32. The van der Waals surface area contributed by atoms with Crippen LogP contribution in [0.4, 0.5) is 0 Å². The molecule has 2 atom stereocenters. The van der Waals surface area contributed by atoms with Gasteiger partial charge in [-0.25, -0.2) is 9.61 Å². The van der Waals surface area contributed by atoms with Gasteiger partial charge in [-0.15, -0.1) is 0 Å². The summed E-state index contributed by atoms with van der Waals surface area (Å²) in [6.07, 6.45) is 5.55. The van der Waals surface area contributed by atoms with E-state index < -0.39 is 0 Å². The van der Waals surface area contributed by atoms with Crippen LogP contribution in [-0.2, 0) is 11.8 Å². The number of aryl methyl sites for hydroxylation is 1. The minimum atomic E-state index is -0.144. The molecule has 0 radical (unpaired) electrons. The third-order valence-corrected chi connectivity index (χ3v) is 4.60. The molecule has 1 aliphatic heterocycles. The number of benzene rings is 1. The Morgan fingerprint density at radius 3 is 3.08 bits per heavy atom. The van der Waals surface area contributed by atoms with Gasteiger partial charge in [0.1, 0.15) is 23.0 Å². The van der Waals surface area contributed by atoms with E-state index in [0.29, 0.717) is 23.1 Å². The van der Waals surface area contributed by atoms with Gasteiger partial charge in [0, 0.05) is 44.1 Å². The van der Waals surface area contributed by atoms with E-state index in [4.69, 9.17) is 4.74 Å². The van der Waals surface area contributed by atoms with Crippen molar-refractivity contribution in [1.82, 2.24) is 25.2 Å². The van der Waals surface area contributed by atoms with Gasteiger partial charge < -0.3 is 14.6 Å². The summed E-state index contributed by atoms with van der Waals surface area (Å²) in [6.45, 7) is 1.25. The molecular weight excluding hydrogens is 322 g/mol. The van der Waals surface area contributed by atoms with Crippen molar-refractivity contribution in [3.05, 3.63) is 42.0 Å². The molecule has 3 heterocycles. The molecule has 8 heteroatoms. The molecule has 0 saturated carbocycles. The summed E-state index contributed by atoms with van der Waals surface area (Å²) in [5.41, 5.74) is 1.74. The summed E-state index contributed by atoms with van der Waals surface area (Å²) in [5, 5.41) is 10.5. The molecule has 1 aromatic carbocycles. The normalized spacial score (nSPS) is 20.7. The molecule has 1 aliphatic rings. The van der Waals surface area contributed by atoms with E-state index in [1.807, 2.05) is 17.8 Å². The predicted molar refractivity (Wildman–Crippen MR) is 88.8 cm³/mol. The fourth-order valence-electron chi connectivity index (χ4n) is 3.24. The number of carbonyl (C=O) groups excluding carboxylic acids is 1. The van der Waals surface area contributed by atoms with Gasteiger partial charge in [0.05, 0.1) is 0 Å². The molecule has 2 aromatic heterocycles. The molecule has 8 nitrogen and oxygen atoms in total. The highest BCUT2D eigenvalue weighted by atomic mass is 16.6. The number of carbonyl (C=O) groups is 1. The lowest BCUT2D eigenvalue weighted by Gasteiger charge is -2.31. The Labute approximate surface area is 144 Å². The number of amides is 1. The molecule has 1 fully saturated rings. The molecule has 0 bridgehead atoms. The van der Waals surface area contributed by atoms with Crippen LogP contribution in [0.5, 0.6) is 0 Å². The zero-order valence-electron chi connectivity index (χ0n) is 13.9. The minimum absolute atomic E-state index is 0.101. The van der Waals surface area contributed by atoms with Gasteiger partial charge in [-0.1, -0.05) is 0 Å². The zero-order valence-corrected chi connectivity index (χ0v) is 13.9. The molecule has 3 aromatic rings. The highest BCUT2D eigenvalue weighted by molar-refractivity contribution is 5.97. The van der Waals surface area contributed by atoms with Gasteiger partial charge in [0.15, 0.2) is 0 Å². The number of hydrogen-bond acceptors (Lipinski definition) is 6. The molecule has 0 unspecified atom stereocenters. The highest BCUT2D eigenvalue weighted by Gasteiger charge is 2.30. The Morgan fingerprint density at radius 1 is 1.36 bits per heavy atom. The maximum Gasteiger partial charge on any atom is 0.251 e. The number of fused-ring (bicyclic) bond motifs is 1. The summed E-state index contributed by atoms with van der Waals surface area (Å²) in [7, 11) is 1.96. The van der Waals surface area contributed by atoms with Crippen molar-refractivity contribution in [2.45, 2.75) is 18.9 Å². The van der Waals surface area contributed by atoms with Crippen molar-refractivity contribution in [3.63, 3.8) is 0 Å². The van der Waals surface area contributed by atoms with Crippen LogP contribution in [0.15, 0.2) is 35.2 Å². The lowest BCUT2D eigenvalue weighted by Crippen LogP contribution is -2.36. The van der Waals surface area contributed by atoms with Crippen molar-refractivity contribution in [3.8, 4) is 0 Å². The van der Waals surface area contributed by atoms with Gasteiger partial charge in [-0.2, -0.15) is 0 Å². The summed E-state index contributed by atoms with van der Waals surface area (Å²) < 4.78 is 12.6. The van der Waals surface area contributed by atoms with Crippen molar-refractivity contribution in [2.75, 3.05) is 13.2 Å².